The molecule has 18 heavy (non-hydrogen) atoms. The van der Waals surface area contributed by atoms with Crippen LogP contribution in [-0.2, 0) is 15.9 Å². The molecular weight excluding hydrogens is 233 g/mol. The van der Waals surface area contributed by atoms with Gasteiger partial charge in [0.2, 0.25) is 0 Å². The van der Waals surface area contributed by atoms with Gasteiger partial charge in [-0.15, -0.1) is 0 Å². The van der Waals surface area contributed by atoms with E-state index in [-0.39, 0.29) is 12.0 Å². The van der Waals surface area contributed by atoms with Gasteiger partial charge in [-0.2, -0.15) is 0 Å². The summed E-state index contributed by atoms with van der Waals surface area (Å²) < 4.78 is 11.6. The van der Waals surface area contributed by atoms with Crippen LogP contribution < -0.4 is 10.9 Å². The molecule has 1 aliphatic rings. The van der Waals surface area contributed by atoms with Gasteiger partial charge in [0.1, 0.15) is 0 Å². The molecular formula is C12H18BNO4. The molecule has 1 aromatic heterocycles. The lowest BCUT2D eigenvalue weighted by Gasteiger charge is -2.32. The summed E-state index contributed by atoms with van der Waals surface area (Å²) in [5.74, 6) is 0. The molecule has 0 aromatic carbocycles. The van der Waals surface area contributed by atoms with E-state index in [2.05, 4.69) is 4.98 Å². The quantitative estimate of drug-likeness (QED) is 0.735. The summed E-state index contributed by atoms with van der Waals surface area (Å²) in [6, 6.07) is 1.36. The summed E-state index contributed by atoms with van der Waals surface area (Å²) in [4.78, 5) is 14.8. The predicted molar refractivity (Wildman–Crippen MR) is 68.7 cm³/mol. The molecule has 0 bridgehead atoms. The van der Waals surface area contributed by atoms with Crippen molar-refractivity contribution in [3.8, 4) is 0 Å². The Morgan fingerprint density at radius 3 is 2.28 bits per heavy atom. The minimum atomic E-state index is -0.675. The van der Waals surface area contributed by atoms with E-state index in [4.69, 9.17) is 14.4 Å². The third-order valence-corrected chi connectivity index (χ3v) is 3.68. The van der Waals surface area contributed by atoms with Crippen molar-refractivity contribution in [2.75, 3.05) is 0 Å². The van der Waals surface area contributed by atoms with Crippen molar-refractivity contribution in [2.24, 2.45) is 0 Å². The van der Waals surface area contributed by atoms with Gasteiger partial charge in [-0.25, -0.2) is 0 Å². The summed E-state index contributed by atoms with van der Waals surface area (Å²) in [7, 11) is -0.675. The van der Waals surface area contributed by atoms with Crippen LogP contribution in [0.5, 0.6) is 0 Å². The Bertz CT molecular complexity index is 493. The summed E-state index contributed by atoms with van der Waals surface area (Å²) in [5.41, 5.74) is -0.248. The van der Waals surface area contributed by atoms with Gasteiger partial charge in [-0.1, -0.05) is 0 Å². The minimum Gasteiger partial charge on any atom is -0.399 e. The van der Waals surface area contributed by atoms with E-state index in [1.165, 1.54) is 12.3 Å². The highest BCUT2D eigenvalue weighted by Gasteiger charge is 2.52. The first-order valence-corrected chi connectivity index (χ1v) is 5.95. The Hall–Kier alpha value is -1.11. The van der Waals surface area contributed by atoms with Gasteiger partial charge in [0.05, 0.1) is 17.8 Å². The third-order valence-electron chi connectivity index (χ3n) is 3.68. The fraction of sp³-hybridized carbons (Fsp3) is 0.583. The zero-order chi connectivity index (χ0) is 13.6. The molecule has 0 amide bonds. The first-order valence-electron chi connectivity index (χ1n) is 5.95. The first kappa shape index (κ1) is 13.3. The number of rotatable bonds is 2. The van der Waals surface area contributed by atoms with E-state index in [1.807, 2.05) is 27.7 Å². The molecule has 1 aliphatic heterocycles. The third kappa shape index (κ3) is 2.11. The van der Waals surface area contributed by atoms with Crippen LogP contribution in [0.25, 0.3) is 0 Å². The topological polar surface area (TPSA) is 71.5 Å². The number of aliphatic hydroxyl groups excluding tert-OH is 1. The second kappa shape index (κ2) is 4.22. The SMILES string of the molecule is CC1(C)OB(c2c[nH]c(CO)cc2=O)OC1(C)C. The van der Waals surface area contributed by atoms with E-state index >= 15 is 0 Å². The largest absolute Gasteiger partial charge is 0.500 e. The molecule has 98 valence electrons. The molecule has 6 heteroatoms. The smallest absolute Gasteiger partial charge is 0.399 e. The lowest BCUT2D eigenvalue weighted by molar-refractivity contribution is 0.00578. The van der Waals surface area contributed by atoms with Crippen molar-refractivity contribution < 1.29 is 14.4 Å². The summed E-state index contributed by atoms with van der Waals surface area (Å²) in [6.07, 6.45) is 1.54. The molecule has 0 unspecified atom stereocenters. The van der Waals surface area contributed by atoms with Crippen molar-refractivity contribution in [3.63, 3.8) is 0 Å². The Kier molecular flexibility index (Phi) is 3.13. The maximum absolute atomic E-state index is 11.9. The Morgan fingerprint density at radius 2 is 1.83 bits per heavy atom. The maximum Gasteiger partial charge on any atom is 0.500 e. The van der Waals surface area contributed by atoms with Crippen LogP contribution in [-0.4, -0.2) is 28.4 Å². The monoisotopic (exact) mass is 251 g/mol. The van der Waals surface area contributed by atoms with Crippen molar-refractivity contribution >= 4 is 12.6 Å². The molecule has 0 saturated carbocycles. The highest BCUT2D eigenvalue weighted by molar-refractivity contribution is 6.61. The second-order valence-corrected chi connectivity index (χ2v) is 5.52. The van der Waals surface area contributed by atoms with Crippen LogP contribution in [0.1, 0.15) is 33.4 Å². The first-order chi connectivity index (χ1) is 8.27. The van der Waals surface area contributed by atoms with Crippen LogP contribution >= 0.6 is 0 Å². The van der Waals surface area contributed by atoms with Crippen LogP contribution in [0.4, 0.5) is 0 Å². The Balaban J connectivity index is 2.33. The molecule has 0 aliphatic carbocycles. The van der Waals surface area contributed by atoms with E-state index in [9.17, 15) is 4.79 Å². The summed E-state index contributed by atoms with van der Waals surface area (Å²) >= 11 is 0. The van der Waals surface area contributed by atoms with Crippen molar-refractivity contribution in [3.05, 3.63) is 28.2 Å². The van der Waals surface area contributed by atoms with E-state index < -0.39 is 18.3 Å². The van der Waals surface area contributed by atoms with Crippen LogP contribution in [0, 0.1) is 0 Å². The van der Waals surface area contributed by atoms with Gasteiger partial charge in [0.15, 0.2) is 5.43 Å². The predicted octanol–water partition coefficient (Wildman–Crippen LogP) is 0.166. The molecule has 5 nitrogen and oxygen atoms in total. The maximum atomic E-state index is 11.9. The average molecular weight is 251 g/mol. The fourth-order valence-electron chi connectivity index (χ4n) is 1.77. The molecule has 2 N–H and O–H groups in total. The number of aromatic nitrogens is 1. The van der Waals surface area contributed by atoms with Crippen LogP contribution in [0.2, 0.25) is 0 Å². The molecule has 2 rings (SSSR count). The zero-order valence-electron chi connectivity index (χ0n) is 11.1. The highest BCUT2D eigenvalue weighted by atomic mass is 16.7. The highest BCUT2D eigenvalue weighted by Crippen LogP contribution is 2.36. The summed E-state index contributed by atoms with van der Waals surface area (Å²) in [6.45, 7) is 7.54. The lowest BCUT2D eigenvalue weighted by atomic mass is 9.80. The zero-order valence-corrected chi connectivity index (χ0v) is 11.1. The molecule has 0 atom stereocenters. The number of aliphatic hydroxyl groups is 1. The van der Waals surface area contributed by atoms with Crippen molar-refractivity contribution in [1.29, 1.82) is 0 Å². The molecule has 1 saturated heterocycles. The lowest BCUT2D eigenvalue weighted by Crippen LogP contribution is -2.43. The second-order valence-electron chi connectivity index (χ2n) is 5.52. The normalized spacial score (nSPS) is 21.3. The Labute approximate surface area is 106 Å². The van der Waals surface area contributed by atoms with Gasteiger partial charge >= 0.3 is 7.12 Å². The van der Waals surface area contributed by atoms with E-state index in [0.29, 0.717) is 11.2 Å². The van der Waals surface area contributed by atoms with Crippen LogP contribution in [0.3, 0.4) is 0 Å². The standard InChI is InChI=1S/C12H18BNO4/c1-11(2)12(3,4)18-13(17-11)9-6-14-8(7-15)5-10(9)16/h5-6,15H,7H2,1-4H3,(H,14,16). The van der Waals surface area contributed by atoms with Crippen molar-refractivity contribution in [2.45, 2.75) is 45.5 Å². The number of H-pyrrole nitrogens is 1. The van der Waals surface area contributed by atoms with E-state index in [0.717, 1.165) is 0 Å². The van der Waals surface area contributed by atoms with Gasteiger partial charge in [0.25, 0.3) is 0 Å². The minimum absolute atomic E-state index is 0.196. The van der Waals surface area contributed by atoms with Crippen LogP contribution in [0.15, 0.2) is 17.1 Å². The number of nitrogens with one attached hydrogen (secondary N) is 1. The van der Waals surface area contributed by atoms with Gasteiger partial charge < -0.3 is 19.4 Å². The van der Waals surface area contributed by atoms with Gasteiger partial charge in [-0.3, -0.25) is 4.79 Å². The molecule has 2 heterocycles. The molecule has 0 radical (unpaired) electrons. The van der Waals surface area contributed by atoms with Gasteiger partial charge in [-0.05, 0) is 27.7 Å². The number of pyridine rings is 1. The number of hydrogen-bond donors (Lipinski definition) is 2. The van der Waals surface area contributed by atoms with Gasteiger partial charge in [0, 0.05) is 23.4 Å². The molecule has 0 spiro atoms. The Morgan fingerprint density at radius 1 is 1.28 bits per heavy atom. The number of aromatic amines is 1. The fourth-order valence-corrected chi connectivity index (χ4v) is 1.77. The summed E-state index contributed by atoms with van der Waals surface area (Å²) in [5, 5.41) is 8.95. The van der Waals surface area contributed by atoms with E-state index in [1.54, 1.807) is 0 Å². The number of hydrogen-bond acceptors (Lipinski definition) is 4. The average Bonchev–Trinajstić information content (AvgIpc) is 2.47. The molecule has 1 aromatic rings. The van der Waals surface area contributed by atoms with Crippen molar-refractivity contribution in [1.82, 2.24) is 4.98 Å². The molecule has 1 fully saturated rings.